The van der Waals surface area contributed by atoms with Gasteiger partial charge in [-0.25, -0.2) is 4.79 Å². The van der Waals surface area contributed by atoms with Crippen LogP contribution in [-0.2, 0) is 21.0 Å². The maximum absolute atomic E-state index is 12.0. The Labute approximate surface area is 162 Å². The van der Waals surface area contributed by atoms with E-state index in [1.54, 1.807) is 24.3 Å². The molecule has 0 spiro atoms. The molecule has 4 N–H and O–H groups in total. The second-order valence-corrected chi connectivity index (χ2v) is 6.08. The molecule has 2 aromatic carbocycles. The fraction of sp³-hybridized carbons (Fsp3) is 0.190. The lowest BCUT2D eigenvalue weighted by atomic mass is 10.1. The number of rotatable bonds is 10. The van der Waals surface area contributed by atoms with Gasteiger partial charge in [-0.05, 0) is 35.8 Å². The fourth-order valence-corrected chi connectivity index (χ4v) is 2.38. The number of hydrogen-bond acceptors (Lipinski definition) is 4. The average molecular weight is 382 g/mol. The minimum Gasteiger partial charge on any atom is -0.489 e. The van der Waals surface area contributed by atoms with Crippen LogP contribution in [0.15, 0.2) is 60.7 Å². The van der Waals surface area contributed by atoms with Crippen molar-refractivity contribution in [1.82, 2.24) is 5.32 Å². The van der Waals surface area contributed by atoms with Crippen molar-refractivity contribution in [1.29, 1.82) is 0 Å². The summed E-state index contributed by atoms with van der Waals surface area (Å²) in [5.41, 5.74) is 6.78. The average Bonchev–Trinajstić information content (AvgIpc) is 2.68. The van der Waals surface area contributed by atoms with E-state index in [0.29, 0.717) is 12.4 Å². The molecule has 0 aliphatic rings. The fourth-order valence-electron chi connectivity index (χ4n) is 2.38. The third-order valence-electron chi connectivity index (χ3n) is 3.83. The minimum absolute atomic E-state index is 0.0624. The SMILES string of the molecule is NC(=O)CCC(NC(=O)/C=C/c1cccc(OCc2ccccc2)c1)C(=O)O. The van der Waals surface area contributed by atoms with Crippen molar-refractivity contribution in [2.75, 3.05) is 0 Å². The lowest BCUT2D eigenvalue weighted by Crippen LogP contribution is -2.40. The molecule has 0 aliphatic heterocycles. The quantitative estimate of drug-likeness (QED) is 0.544. The Morgan fingerprint density at radius 1 is 1.11 bits per heavy atom. The van der Waals surface area contributed by atoms with Crippen LogP contribution in [0.4, 0.5) is 0 Å². The monoisotopic (exact) mass is 382 g/mol. The summed E-state index contributed by atoms with van der Waals surface area (Å²) in [5.74, 6) is -1.77. The number of nitrogens with one attached hydrogen (secondary N) is 1. The van der Waals surface area contributed by atoms with Crippen molar-refractivity contribution in [2.45, 2.75) is 25.5 Å². The predicted octanol–water partition coefficient (Wildman–Crippen LogP) is 2.11. The molecule has 146 valence electrons. The molecule has 0 aliphatic carbocycles. The zero-order valence-corrected chi connectivity index (χ0v) is 15.2. The van der Waals surface area contributed by atoms with Gasteiger partial charge in [-0.2, -0.15) is 0 Å². The van der Waals surface area contributed by atoms with Gasteiger partial charge in [-0.3, -0.25) is 9.59 Å². The normalized spacial score (nSPS) is 11.7. The van der Waals surface area contributed by atoms with Gasteiger partial charge in [-0.15, -0.1) is 0 Å². The largest absolute Gasteiger partial charge is 0.489 e. The molecule has 7 heteroatoms. The molecule has 1 unspecified atom stereocenters. The summed E-state index contributed by atoms with van der Waals surface area (Å²) in [4.78, 5) is 33.9. The highest BCUT2D eigenvalue weighted by molar-refractivity contribution is 5.94. The Morgan fingerprint density at radius 2 is 1.86 bits per heavy atom. The first kappa shape index (κ1) is 20.7. The zero-order valence-electron chi connectivity index (χ0n) is 15.2. The molecule has 28 heavy (non-hydrogen) atoms. The summed E-state index contributed by atoms with van der Waals surface area (Å²) < 4.78 is 5.73. The lowest BCUT2D eigenvalue weighted by molar-refractivity contribution is -0.141. The Kier molecular flexibility index (Phi) is 7.77. The first-order chi connectivity index (χ1) is 13.4. The standard InChI is InChI=1S/C21H22N2O5/c22-19(24)11-10-18(21(26)27)23-20(25)12-9-15-7-4-8-17(13-15)28-14-16-5-2-1-3-6-16/h1-9,12-13,18H,10-11,14H2,(H2,22,24)(H,23,25)(H,26,27)/b12-9+. The first-order valence-electron chi connectivity index (χ1n) is 8.70. The summed E-state index contributed by atoms with van der Waals surface area (Å²) in [7, 11) is 0. The molecule has 0 saturated carbocycles. The second-order valence-electron chi connectivity index (χ2n) is 6.08. The number of carboxylic acids is 1. The van der Waals surface area contributed by atoms with E-state index in [0.717, 1.165) is 11.1 Å². The number of carbonyl (C=O) groups is 3. The van der Waals surface area contributed by atoms with E-state index in [2.05, 4.69) is 5.32 Å². The maximum Gasteiger partial charge on any atom is 0.326 e. The molecule has 0 radical (unpaired) electrons. The number of carbonyl (C=O) groups excluding carboxylic acids is 2. The van der Waals surface area contributed by atoms with Crippen LogP contribution in [0.5, 0.6) is 5.75 Å². The van der Waals surface area contributed by atoms with Crippen LogP contribution in [0.3, 0.4) is 0 Å². The number of benzene rings is 2. The molecule has 1 atom stereocenters. The highest BCUT2D eigenvalue weighted by Crippen LogP contribution is 2.16. The van der Waals surface area contributed by atoms with E-state index in [-0.39, 0.29) is 12.8 Å². The van der Waals surface area contributed by atoms with Crippen LogP contribution in [0.2, 0.25) is 0 Å². The number of aliphatic carboxylic acids is 1. The van der Waals surface area contributed by atoms with Crippen molar-refractivity contribution in [3.8, 4) is 5.75 Å². The minimum atomic E-state index is -1.22. The van der Waals surface area contributed by atoms with Crippen molar-refractivity contribution >= 4 is 23.9 Å². The maximum atomic E-state index is 12.0. The number of hydrogen-bond donors (Lipinski definition) is 3. The first-order valence-corrected chi connectivity index (χ1v) is 8.70. The van der Waals surface area contributed by atoms with Crippen molar-refractivity contribution in [2.24, 2.45) is 5.73 Å². The van der Waals surface area contributed by atoms with Crippen LogP contribution in [-0.4, -0.2) is 28.9 Å². The summed E-state index contributed by atoms with van der Waals surface area (Å²) >= 11 is 0. The smallest absolute Gasteiger partial charge is 0.326 e. The third-order valence-corrected chi connectivity index (χ3v) is 3.83. The molecule has 2 amide bonds. The number of amides is 2. The Hall–Kier alpha value is -3.61. The summed E-state index contributed by atoms with van der Waals surface area (Å²) in [6.07, 6.45) is 2.60. The van der Waals surface area contributed by atoms with E-state index < -0.39 is 23.8 Å². The van der Waals surface area contributed by atoms with E-state index in [9.17, 15) is 14.4 Å². The van der Waals surface area contributed by atoms with Gasteiger partial charge in [0.25, 0.3) is 0 Å². The molecule has 0 saturated heterocycles. The molecule has 2 rings (SSSR count). The number of primary amides is 1. The van der Waals surface area contributed by atoms with E-state index in [1.807, 2.05) is 36.4 Å². The molecular formula is C21H22N2O5. The second kappa shape index (κ2) is 10.5. The Bertz CT molecular complexity index is 849. The van der Waals surface area contributed by atoms with E-state index in [4.69, 9.17) is 15.6 Å². The van der Waals surface area contributed by atoms with E-state index in [1.165, 1.54) is 6.08 Å². The van der Waals surface area contributed by atoms with Gasteiger partial charge in [0, 0.05) is 12.5 Å². The highest BCUT2D eigenvalue weighted by Gasteiger charge is 2.19. The summed E-state index contributed by atoms with van der Waals surface area (Å²) in [6, 6.07) is 15.7. The molecule has 0 aromatic heterocycles. The molecule has 0 heterocycles. The molecule has 0 bridgehead atoms. The topological polar surface area (TPSA) is 119 Å². The van der Waals surface area contributed by atoms with Gasteiger partial charge >= 0.3 is 5.97 Å². The van der Waals surface area contributed by atoms with E-state index >= 15 is 0 Å². The molecular weight excluding hydrogens is 360 g/mol. The van der Waals surface area contributed by atoms with Gasteiger partial charge in [0.05, 0.1) is 0 Å². The lowest BCUT2D eigenvalue weighted by Gasteiger charge is -2.12. The molecule has 2 aromatic rings. The van der Waals surface area contributed by atoms with Crippen LogP contribution < -0.4 is 15.8 Å². The number of nitrogens with two attached hydrogens (primary N) is 1. The molecule has 0 fully saturated rings. The Balaban J connectivity index is 1.92. The number of carboxylic acid groups (broad SMARTS) is 1. The van der Waals surface area contributed by atoms with Crippen LogP contribution >= 0.6 is 0 Å². The van der Waals surface area contributed by atoms with Crippen LogP contribution in [0, 0.1) is 0 Å². The summed E-state index contributed by atoms with van der Waals surface area (Å²) in [5, 5.41) is 11.4. The molecule has 7 nitrogen and oxygen atoms in total. The van der Waals surface area contributed by atoms with Crippen molar-refractivity contribution in [3.63, 3.8) is 0 Å². The van der Waals surface area contributed by atoms with Crippen LogP contribution in [0.1, 0.15) is 24.0 Å². The zero-order chi connectivity index (χ0) is 20.4. The summed E-state index contributed by atoms with van der Waals surface area (Å²) in [6.45, 7) is 0.425. The van der Waals surface area contributed by atoms with Crippen molar-refractivity contribution < 1.29 is 24.2 Å². The van der Waals surface area contributed by atoms with Crippen molar-refractivity contribution in [3.05, 3.63) is 71.8 Å². The number of ether oxygens (including phenoxy) is 1. The Morgan fingerprint density at radius 3 is 2.54 bits per heavy atom. The highest BCUT2D eigenvalue weighted by atomic mass is 16.5. The van der Waals surface area contributed by atoms with Gasteiger partial charge in [0.15, 0.2) is 0 Å². The van der Waals surface area contributed by atoms with Crippen LogP contribution in [0.25, 0.3) is 6.08 Å². The van der Waals surface area contributed by atoms with Gasteiger partial charge < -0.3 is 20.9 Å². The van der Waals surface area contributed by atoms with Gasteiger partial charge in [-0.1, -0.05) is 42.5 Å². The third kappa shape index (κ3) is 7.33. The van der Waals surface area contributed by atoms with Gasteiger partial charge in [0.1, 0.15) is 18.4 Å². The predicted molar refractivity (Wildman–Crippen MR) is 104 cm³/mol. The van der Waals surface area contributed by atoms with Gasteiger partial charge in [0.2, 0.25) is 11.8 Å².